The van der Waals surface area contributed by atoms with Crippen LogP contribution in [0.3, 0.4) is 0 Å². The molecule has 0 aliphatic carbocycles. The van der Waals surface area contributed by atoms with Crippen molar-refractivity contribution < 1.29 is 36.2 Å². The molecule has 0 aromatic heterocycles. The first-order valence-electron chi connectivity index (χ1n) is 10.3. The Balaban J connectivity index is 0.00000385. The van der Waals surface area contributed by atoms with Gasteiger partial charge in [-0.25, -0.2) is 0 Å². The molecule has 0 bridgehead atoms. The number of rotatable bonds is 6. The molecule has 2 aromatic rings. The lowest BCUT2D eigenvalue weighted by Crippen LogP contribution is -2.36. The second kappa shape index (κ2) is 10.6. The summed E-state index contributed by atoms with van der Waals surface area (Å²) >= 11 is 0. The summed E-state index contributed by atoms with van der Waals surface area (Å²) in [6.07, 6.45) is -8.55. The molecule has 0 saturated carbocycles. The van der Waals surface area contributed by atoms with Crippen LogP contribution in [0.4, 0.5) is 26.3 Å². The third-order valence-electron chi connectivity index (χ3n) is 5.82. The van der Waals surface area contributed by atoms with Crippen molar-refractivity contribution in [1.29, 1.82) is 0 Å². The maximum Gasteiger partial charge on any atom is 0.417 e. The second-order valence-electron chi connectivity index (χ2n) is 8.20. The van der Waals surface area contributed by atoms with Gasteiger partial charge in [-0.05, 0) is 62.0 Å². The average molecular weight is 498 g/mol. The highest BCUT2D eigenvalue weighted by molar-refractivity contribution is 5.85. The third kappa shape index (κ3) is 6.41. The van der Waals surface area contributed by atoms with E-state index >= 15 is 0 Å². The van der Waals surface area contributed by atoms with E-state index in [0.717, 1.165) is 25.9 Å². The number of aliphatic hydroxyl groups is 1. The predicted molar refractivity (Wildman–Crippen MR) is 115 cm³/mol. The molecular weight excluding hydrogens is 472 g/mol. The van der Waals surface area contributed by atoms with Crippen LogP contribution in [0.1, 0.15) is 36.5 Å². The first-order valence-corrected chi connectivity index (χ1v) is 10.3. The number of halogens is 7. The van der Waals surface area contributed by atoms with Crippen molar-refractivity contribution in [2.45, 2.75) is 37.7 Å². The highest BCUT2D eigenvalue weighted by atomic mass is 35.5. The van der Waals surface area contributed by atoms with Gasteiger partial charge in [0.05, 0.1) is 24.3 Å². The fourth-order valence-corrected chi connectivity index (χ4v) is 3.88. The Morgan fingerprint density at radius 1 is 0.939 bits per heavy atom. The number of hydrogen-bond donors (Lipinski definition) is 2. The third-order valence-corrected chi connectivity index (χ3v) is 5.82. The zero-order valence-electron chi connectivity index (χ0n) is 17.9. The van der Waals surface area contributed by atoms with Gasteiger partial charge in [-0.3, -0.25) is 0 Å². The van der Waals surface area contributed by atoms with Gasteiger partial charge in [0.25, 0.3) is 0 Å². The van der Waals surface area contributed by atoms with E-state index in [1.54, 1.807) is 0 Å². The molecule has 1 fully saturated rings. The molecule has 10 heteroatoms. The summed E-state index contributed by atoms with van der Waals surface area (Å²) in [4.78, 5) is 0. The minimum absolute atomic E-state index is 0. The van der Waals surface area contributed by atoms with Gasteiger partial charge in [0.2, 0.25) is 0 Å². The van der Waals surface area contributed by atoms with Gasteiger partial charge in [-0.15, -0.1) is 12.4 Å². The van der Waals surface area contributed by atoms with E-state index in [1.807, 2.05) is 0 Å². The smallest absolute Gasteiger partial charge is 0.393 e. The summed E-state index contributed by atoms with van der Waals surface area (Å²) in [7, 11) is 0. The number of hydrogen-bond acceptors (Lipinski definition) is 3. The van der Waals surface area contributed by atoms with E-state index in [2.05, 4.69) is 5.32 Å². The zero-order valence-corrected chi connectivity index (χ0v) is 18.7. The summed E-state index contributed by atoms with van der Waals surface area (Å²) in [6, 6.07) is 8.01. The van der Waals surface area contributed by atoms with Gasteiger partial charge in [-0.2, -0.15) is 26.3 Å². The summed E-state index contributed by atoms with van der Waals surface area (Å²) in [6.45, 7) is 2.18. The van der Waals surface area contributed by atoms with E-state index in [1.165, 1.54) is 37.3 Å². The molecule has 1 aliphatic heterocycles. The highest BCUT2D eigenvalue weighted by Crippen LogP contribution is 2.47. The van der Waals surface area contributed by atoms with Crippen LogP contribution in [-0.2, 0) is 22.7 Å². The standard InChI is InChI=1S/C23H25F6NO2.ClH/c1-21(14-31,32-13-15-7-9-30-10-8-15)17-11-18(22(24,25)26)20(16-5-3-2-4-6-16)19(12-17)23(27,28)29;/h2-6,11-12,15,30-31H,7-10,13-14H2,1H3;1H. The van der Waals surface area contributed by atoms with Crippen molar-refractivity contribution in [2.24, 2.45) is 5.92 Å². The number of aliphatic hydroxyl groups excluding tert-OH is 1. The topological polar surface area (TPSA) is 41.5 Å². The zero-order chi connectivity index (χ0) is 23.6. The lowest BCUT2D eigenvalue weighted by molar-refractivity contribution is -0.142. The van der Waals surface area contributed by atoms with Crippen molar-refractivity contribution in [3.05, 3.63) is 59.2 Å². The van der Waals surface area contributed by atoms with E-state index in [9.17, 15) is 31.4 Å². The molecular formula is C23H26ClF6NO2. The Kier molecular flexibility index (Phi) is 8.84. The summed E-state index contributed by atoms with van der Waals surface area (Å²) in [5.41, 5.74) is -6.06. The lowest BCUT2D eigenvalue weighted by Gasteiger charge is -2.33. The Bertz CT molecular complexity index is 878. The summed E-state index contributed by atoms with van der Waals surface area (Å²) in [5, 5.41) is 13.1. The van der Waals surface area contributed by atoms with Crippen molar-refractivity contribution in [3.8, 4) is 11.1 Å². The number of alkyl halides is 6. The quantitative estimate of drug-likeness (QED) is 0.478. The lowest BCUT2D eigenvalue weighted by atomic mass is 9.86. The van der Waals surface area contributed by atoms with Gasteiger partial charge in [0.15, 0.2) is 0 Å². The molecule has 0 amide bonds. The van der Waals surface area contributed by atoms with Crippen LogP contribution in [0.2, 0.25) is 0 Å². The summed E-state index contributed by atoms with van der Waals surface area (Å²) < 4.78 is 89.6. The molecule has 0 spiro atoms. The van der Waals surface area contributed by atoms with Crippen LogP contribution in [0.5, 0.6) is 0 Å². The molecule has 3 nitrogen and oxygen atoms in total. The molecule has 2 aromatic carbocycles. The van der Waals surface area contributed by atoms with E-state index in [4.69, 9.17) is 4.74 Å². The number of ether oxygens (including phenoxy) is 1. The minimum atomic E-state index is -5.05. The fraction of sp³-hybridized carbons (Fsp3) is 0.478. The van der Waals surface area contributed by atoms with Crippen LogP contribution in [-0.4, -0.2) is 31.4 Å². The SMILES string of the molecule is CC(CO)(OCC1CCNCC1)c1cc(C(F)(F)F)c(-c2ccccc2)c(C(F)(F)F)c1.Cl. The largest absolute Gasteiger partial charge is 0.417 e. The Hall–Kier alpha value is -1.81. The number of benzene rings is 2. The van der Waals surface area contributed by atoms with Gasteiger partial charge >= 0.3 is 12.4 Å². The van der Waals surface area contributed by atoms with Gasteiger partial charge < -0.3 is 15.2 Å². The van der Waals surface area contributed by atoms with Crippen LogP contribution in [0, 0.1) is 5.92 Å². The Labute approximate surface area is 194 Å². The van der Waals surface area contributed by atoms with Gasteiger partial charge in [-0.1, -0.05) is 30.3 Å². The Morgan fingerprint density at radius 3 is 1.91 bits per heavy atom. The van der Waals surface area contributed by atoms with Crippen molar-refractivity contribution >= 4 is 12.4 Å². The van der Waals surface area contributed by atoms with E-state index in [-0.39, 0.29) is 36.1 Å². The fourth-order valence-electron chi connectivity index (χ4n) is 3.88. The molecule has 0 radical (unpaired) electrons. The maximum atomic E-state index is 14.0. The van der Waals surface area contributed by atoms with E-state index in [0.29, 0.717) is 12.1 Å². The van der Waals surface area contributed by atoms with Gasteiger partial charge in [0.1, 0.15) is 5.60 Å². The first kappa shape index (κ1) is 27.4. The van der Waals surface area contributed by atoms with Crippen molar-refractivity contribution in [2.75, 3.05) is 26.3 Å². The normalized spacial score (nSPS) is 17.3. The molecule has 1 atom stereocenters. The molecule has 1 aliphatic rings. The van der Waals surface area contributed by atoms with Crippen LogP contribution in [0.15, 0.2) is 42.5 Å². The first-order chi connectivity index (χ1) is 15.0. The molecule has 1 heterocycles. The minimum Gasteiger partial charge on any atom is -0.393 e. The second-order valence-corrected chi connectivity index (χ2v) is 8.20. The van der Waals surface area contributed by atoms with Crippen molar-refractivity contribution in [1.82, 2.24) is 5.32 Å². The predicted octanol–water partition coefficient (Wildman–Crippen LogP) is 6.04. The summed E-state index contributed by atoms with van der Waals surface area (Å²) in [5.74, 6) is 0.106. The van der Waals surface area contributed by atoms with Crippen LogP contribution >= 0.6 is 12.4 Å². The molecule has 184 valence electrons. The molecule has 3 rings (SSSR count). The maximum absolute atomic E-state index is 14.0. The van der Waals surface area contributed by atoms with Gasteiger partial charge in [0, 0.05) is 5.56 Å². The molecule has 1 saturated heterocycles. The number of piperidine rings is 1. The van der Waals surface area contributed by atoms with Crippen molar-refractivity contribution in [3.63, 3.8) is 0 Å². The average Bonchev–Trinajstić information content (AvgIpc) is 2.76. The van der Waals surface area contributed by atoms with Crippen LogP contribution in [0.25, 0.3) is 11.1 Å². The molecule has 1 unspecified atom stereocenters. The highest BCUT2D eigenvalue weighted by Gasteiger charge is 2.44. The van der Waals surface area contributed by atoms with Crippen LogP contribution < -0.4 is 5.32 Å². The number of nitrogens with one attached hydrogen (secondary N) is 1. The molecule has 2 N–H and O–H groups in total. The Morgan fingerprint density at radius 2 is 1.45 bits per heavy atom. The monoisotopic (exact) mass is 497 g/mol. The molecule has 33 heavy (non-hydrogen) atoms. The van der Waals surface area contributed by atoms with E-state index < -0.39 is 41.3 Å².